The highest BCUT2D eigenvalue weighted by molar-refractivity contribution is 5.93. The Balaban J connectivity index is 2.19. The van der Waals surface area contributed by atoms with E-state index in [4.69, 9.17) is 9.47 Å². The lowest BCUT2D eigenvalue weighted by Gasteiger charge is -2.31. The molecule has 1 amide bonds. The van der Waals surface area contributed by atoms with E-state index in [0.29, 0.717) is 5.69 Å². The third kappa shape index (κ3) is 3.67. The Bertz CT molecular complexity index is 721. The lowest BCUT2D eigenvalue weighted by molar-refractivity contribution is -0.210. The number of H-pyrrole nitrogens is 1. The molecule has 0 aliphatic carbocycles. The first-order chi connectivity index (χ1) is 11.0. The van der Waals surface area contributed by atoms with Crippen LogP contribution in [0.15, 0.2) is 47.4 Å². The first-order valence-corrected chi connectivity index (χ1v) is 7.16. The number of ether oxygens (including phenoxy) is 2. The van der Waals surface area contributed by atoms with Gasteiger partial charge in [-0.3, -0.25) is 9.59 Å². The van der Waals surface area contributed by atoms with E-state index in [0.717, 1.165) is 5.56 Å². The third-order valence-corrected chi connectivity index (χ3v) is 3.66. The van der Waals surface area contributed by atoms with Crippen molar-refractivity contribution in [2.75, 3.05) is 20.8 Å². The van der Waals surface area contributed by atoms with Crippen molar-refractivity contribution in [3.8, 4) is 0 Å². The van der Waals surface area contributed by atoms with Crippen molar-refractivity contribution in [2.45, 2.75) is 12.7 Å². The number of aromatic amines is 1. The van der Waals surface area contributed by atoms with Crippen LogP contribution in [0.25, 0.3) is 0 Å². The van der Waals surface area contributed by atoms with Crippen molar-refractivity contribution in [2.24, 2.45) is 0 Å². The van der Waals surface area contributed by atoms with Crippen LogP contribution in [-0.4, -0.2) is 31.7 Å². The largest absolute Gasteiger partial charge is 0.364 e. The van der Waals surface area contributed by atoms with Crippen molar-refractivity contribution in [3.05, 3.63) is 69.6 Å². The van der Waals surface area contributed by atoms with E-state index in [-0.39, 0.29) is 17.5 Å². The zero-order valence-corrected chi connectivity index (χ0v) is 13.4. The molecule has 6 heteroatoms. The summed E-state index contributed by atoms with van der Waals surface area (Å²) in [5.74, 6) is -1.60. The van der Waals surface area contributed by atoms with Gasteiger partial charge in [0, 0.05) is 37.7 Å². The maximum absolute atomic E-state index is 12.2. The normalized spacial score (nSPS) is 11.3. The molecule has 1 aromatic heterocycles. The van der Waals surface area contributed by atoms with Gasteiger partial charge in [0.2, 0.25) is 5.79 Å². The molecule has 0 bridgehead atoms. The van der Waals surface area contributed by atoms with Crippen LogP contribution < -0.4 is 10.7 Å². The minimum absolute atomic E-state index is 0.0461. The van der Waals surface area contributed by atoms with Crippen LogP contribution >= 0.6 is 0 Å². The first kappa shape index (κ1) is 16.9. The van der Waals surface area contributed by atoms with Crippen LogP contribution in [-0.2, 0) is 15.3 Å². The van der Waals surface area contributed by atoms with Gasteiger partial charge in [-0.2, -0.15) is 0 Å². The summed E-state index contributed by atoms with van der Waals surface area (Å²) >= 11 is 0. The summed E-state index contributed by atoms with van der Waals surface area (Å²) in [6.45, 7) is 1.82. The molecule has 1 heterocycles. The molecule has 0 aliphatic rings. The standard InChI is InChI=1S/C17H20N2O4/c1-12-9-15(20)14(10-18-12)16(21)19-11-17(22-2,23-3)13-7-5-4-6-8-13/h4-10H,11H2,1-3H3,(H,18,20)(H,19,21). The highest BCUT2D eigenvalue weighted by Crippen LogP contribution is 2.25. The molecule has 0 saturated heterocycles. The van der Waals surface area contributed by atoms with Crippen LogP contribution in [0.5, 0.6) is 0 Å². The number of amides is 1. The van der Waals surface area contributed by atoms with Crippen LogP contribution in [0.4, 0.5) is 0 Å². The maximum Gasteiger partial charge on any atom is 0.256 e. The van der Waals surface area contributed by atoms with Gasteiger partial charge in [-0.15, -0.1) is 0 Å². The molecular weight excluding hydrogens is 296 g/mol. The number of carbonyl (C=O) groups is 1. The summed E-state index contributed by atoms with van der Waals surface area (Å²) in [6, 6.07) is 10.7. The average molecular weight is 316 g/mol. The molecule has 0 saturated carbocycles. The van der Waals surface area contributed by atoms with Crippen molar-refractivity contribution >= 4 is 5.91 Å². The summed E-state index contributed by atoms with van der Waals surface area (Å²) in [7, 11) is 3.00. The number of aromatic nitrogens is 1. The Kier molecular flexibility index (Phi) is 5.31. The molecule has 1 aromatic carbocycles. The zero-order valence-electron chi connectivity index (χ0n) is 13.4. The van der Waals surface area contributed by atoms with Gasteiger partial charge in [-0.25, -0.2) is 0 Å². The molecule has 2 N–H and O–H groups in total. The van der Waals surface area contributed by atoms with Gasteiger partial charge in [-0.05, 0) is 6.92 Å². The van der Waals surface area contributed by atoms with E-state index in [1.54, 1.807) is 6.92 Å². The Hall–Kier alpha value is -2.44. The summed E-state index contributed by atoms with van der Waals surface area (Å²) in [5.41, 5.74) is 1.17. The number of pyridine rings is 1. The SMILES string of the molecule is COC(CNC(=O)c1c[nH]c(C)cc1=O)(OC)c1ccccc1. The van der Waals surface area contributed by atoms with Gasteiger partial charge in [0.1, 0.15) is 5.56 Å². The van der Waals surface area contributed by atoms with Gasteiger partial charge in [0.15, 0.2) is 5.43 Å². The zero-order chi connectivity index (χ0) is 16.9. The van der Waals surface area contributed by atoms with E-state index in [2.05, 4.69) is 10.3 Å². The highest BCUT2D eigenvalue weighted by Gasteiger charge is 2.32. The molecule has 122 valence electrons. The molecule has 0 atom stereocenters. The summed E-state index contributed by atoms with van der Waals surface area (Å²) in [6.07, 6.45) is 1.40. The van der Waals surface area contributed by atoms with Gasteiger partial charge >= 0.3 is 0 Å². The second-order valence-electron chi connectivity index (χ2n) is 5.10. The molecule has 2 aromatic rings. The van der Waals surface area contributed by atoms with Gasteiger partial charge < -0.3 is 19.8 Å². The Morgan fingerprint density at radius 2 is 1.87 bits per heavy atom. The minimum Gasteiger partial charge on any atom is -0.364 e. The van der Waals surface area contributed by atoms with E-state index in [9.17, 15) is 9.59 Å². The summed E-state index contributed by atoms with van der Waals surface area (Å²) in [5, 5.41) is 2.69. The maximum atomic E-state index is 12.2. The van der Waals surface area contributed by atoms with Crippen molar-refractivity contribution in [3.63, 3.8) is 0 Å². The van der Waals surface area contributed by atoms with Crippen LogP contribution in [0.2, 0.25) is 0 Å². The third-order valence-electron chi connectivity index (χ3n) is 3.66. The number of benzene rings is 1. The fourth-order valence-electron chi connectivity index (χ4n) is 2.30. The Morgan fingerprint density at radius 3 is 2.43 bits per heavy atom. The first-order valence-electron chi connectivity index (χ1n) is 7.16. The lowest BCUT2D eigenvalue weighted by Crippen LogP contribution is -2.44. The number of carbonyl (C=O) groups excluding carboxylic acids is 1. The Labute approximate surface area is 134 Å². The van der Waals surface area contributed by atoms with Crippen molar-refractivity contribution in [1.29, 1.82) is 0 Å². The number of nitrogens with one attached hydrogen (secondary N) is 2. The van der Waals surface area contributed by atoms with Crippen LogP contribution in [0, 0.1) is 6.92 Å². The molecule has 2 rings (SSSR count). The fourth-order valence-corrected chi connectivity index (χ4v) is 2.30. The summed E-state index contributed by atoms with van der Waals surface area (Å²) in [4.78, 5) is 27.0. The molecule has 0 fully saturated rings. The minimum atomic E-state index is -1.12. The predicted octanol–water partition coefficient (Wildman–Crippen LogP) is 1.56. The number of methoxy groups -OCH3 is 2. The Morgan fingerprint density at radius 1 is 1.22 bits per heavy atom. The van der Waals surface area contributed by atoms with Crippen molar-refractivity contribution < 1.29 is 14.3 Å². The molecule has 23 heavy (non-hydrogen) atoms. The predicted molar refractivity (Wildman–Crippen MR) is 86.3 cm³/mol. The number of aryl methyl sites for hydroxylation is 1. The van der Waals surface area contributed by atoms with Crippen LogP contribution in [0.1, 0.15) is 21.6 Å². The molecule has 6 nitrogen and oxygen atoms in total. The van der Waals surface area contributed by atoms with Gasteiger partial charge in [0.05, 0.1) is 6.54 Å². The highest BCUT2D eigenvalue weighted by atomic mass is 16.7. The van der Waals surface area contributed by atoms with E-state index >= 15 is 0 Å². The second-order valence-corrected chi connectivity index (χ2v) is 5.10. The van der Waals surface area contributed by atoms with Gasteiger partial charge in [-0.1, -0.05) is 30.3 Å². The van der Waals surface area contributed by atoms with Crippen molar-refractivity contribution in [1.82, 2.24) is 10.3 Å². The van der Waals surface area contributed by atoms with E-state index in [1.165, 1.54) is 26.5 Å². The molecule has 0 spiro atoms. The topological polar surface area (TPSA) is 80.4 Å². The average Bonchev–Trinajstić information content (AvgIpc) is 2.57. The quantitative estimate of drug-likeness (QED) is 0.793. The second kappa shape index (κ2) is 7.21. The molecule has 0 radical (unpaired) electrons. The van der Waals surface area contributed by atoms with Gasteiger partial charge in [0.25, 0.3) is 5.91 Å². The van der Waals surface area contributed by atoms with E-state index < -0.39 is 11.7 Å². The monoisotopic (exact) mass is 316 g/mol. The summed E-state index contributed by atoms with van der Waals surface area (Å²) < 4.78 is 11.0. The van der Waals surface area contributed by atoms with Crippen LogP contribution in [0.3, 0.4) is 0 Å². The molecule has 0 aliphatic heterocycles. The van der Waals surface area contributed by atoms with E-state index in [1.807, 2.05) is 30.3 Å². The lowest BCUT2D eigenvalue weighted by atomic mass is 10.1. The number of hydrogen-bond acceptors (Lipinski definition) is 4. The number of hydrogen-bond donors (Lipinski definition) is 2. The smallest absolute Gasteiger partial charge is 0.256 e. The molecule has 0 unspecified atom stereocenters. The fraction of sp³-hybridized carbons (Fsp3) is 0.294. The molecular formula is C17H20N2O4. The number of rotatable bonds is 6.